The van der Waals surface area contributed by atoms with Gasteiger partial charge in [0.2, 0.25) is 0 Å². The molecule has 4 atom stereocenters. The third kappa shape index (κ3) is 3.28. The second kappa shape index (κ2) is 6.46. The molecule has 1 aliphatic heterocycles. The van der Waals surface area contributed by atoms with Crippen LogP contribution in [0.5, 0.6) is 0 Å². The van der Waals surface area contributed by atoms with Crippen molar-refractivity contribution in [1.82, 2.24) is 14.8 Å². The van der Waals surface area contributed by atoms with Crippen molar-refractivity contribution in [1.29, 1.82) is 0 Å². The number of hydrogen-bond acceptors (Lipinski definition) is 4. The highest BCUT2D eigenvalue weighted by molar-refractivity contribution is 5.08. The minimum atomic E-state index is -0.635. The highest BCUT2D eigenvalue weighted by atomic mass is 19.1. The summed E-state index contributed by atoms with van der Waals surface area (Å²) in [6, 6.07) is 3.75. The van der Waals surface area contributed by atoms with Crippen LogP contribution in [-0.2, 0) is 0 Å². The Kier molecular flexibility index (Phi) is 4.35. The molecule has 1 aromatic rings. The Balaban J connectivity index is 1.27. The molecule has 0 spiro atoms. The Morgan fingerprint density at radius 2 is 2.00 bits per heavy atom. The summed E-state index contributed by atoms with van der Waals surface area (Å²) in [5, 5.41) is 10.3. The fraction of sp³-hybridized carbons (Fsp3) is 0.722. The Hall–Kier alpha value is -1.04. The molecule has 2 bridgehead atoms. The Morgan fingerprint density at radius 3 is 2.61 bits per heavy atom. The number of piperazine rings is 1. The van der Waals surface area contributed by atoms with Gasteiger partial charge in [0.15, 0.2) is 0 Å². The second-order valence-electron chi connectivity index (χ2n) is 7.50. The number of aliphatic hydroxyl groups excluding tert-OH is 1. The van der Waals surface area contributed by atoms with E-state index in [0.29, 0.717) is 12.2 Å². The smallest absolute Gasteiger partial charge is 0.141 e. The SMILES string of the molecule is O[C@H](CN1CCN([C@@H]2C[C@H]3CC[C@H]2C3)CC1)c1ccc(F)cn1. The number of aromatic nitrogens is 1. The lowest BCUT2D eigenvalue weighted by atomic mass is 9.93. The number of halogens is 1. The predicted octanol–water partition coefficient (Wildman–Crippen LogP) is 2.06. The van der Waals surface area contributed by atoms with E-state index in [9.17, 15) is 9.50 Å². The Bertz CT molecular complexity index is 530. The maximum Gasteiger partial charge on any atom is 0.141 e. The van der Waals surface area contributed by atoms with Crippen LogP contribution in [0.1, 0.15) is 37.5 Å². The molecule has 2 aliphatic carbocycles. The lowest BCUT2D eigenvalue weighted by Crippen LogP contribution is -2.52. The standard InChI is InChI=1S/C18H26FN3O/c19-15-3-4-16(20-11-15)18(23)12-21-5-7-22(8-6-21)17-10-13-1-2-14(17)9-13/h3-4,11,13-14,17-18,23H,1-2,5-10,12H2/t13-,14-,17+,18+/m0/s1. The van der Waals surface area contributed by atoms with Gasteiger partial charge < -0.3 is 5.11 Å². The van der Waals surface area contributed by atoms with Gasteiger partial charge in [0.1, 0.15) is 11.9 Å². The molecule has 0 unspecified atom stereocenters. The van der Waals surface area contributed by atoms with Gasteiger partial charge in [-0.1, -0.05) is 6.42 Å². The highest BCUT2D eigenvalue weighted by Crippen LogP contribution is 2.46. The van der Waals surface area contributed by atoms with E-state index in [1.807, 2.05) is 0 Å². The van der Waals surface area contributed by atoms with Gasteiger partial charge in [-0.3, -0.25) is 14.8 Å². The van der Waals surface area contributed by atoms with Crippen LogP contribution in [0.2, 0.25) is 0 Å². The van der Waals surface area contributed by atoms with Gasteiger partial charge in [0.25, 0.3) is 0 Å². The summed E-state index contributed by atoms with van der Waals surface area (Å²) in [6.07, 6.45) is 6.30. The molecule has 3 aliphatic rings. The van der Waals surface area contributed by atoms with Crippen LogP contribution < -0.4 is 0 Å². The number of aliphatic hydroxyl groups is 1. The Morgan fingerprint density at radius 1 is 1.17 bits per heavy atom. The number of pyridine rings is 1. The molecule has 3 fully saturated rings. The van der Waals surface area contributed by atoms with E-state index in [4.69, 9.17) is 0 Å². The number of nitrogens with zero attached hydrogens (tertiary/aromatic N) is 3. The van der Waals surface area contributed by atoms with Crippen molar-refractivity contribution in [2.45, 2.75) is 37.8 Å². The first-order valence-electron chi connectivity index (χ1n) is 8.95. The number of β-amino-alcohol motifs (C(OH)–C–C–N with tert-alkyl or cyclic N) is 1. The summed E-state index contributed by atoms with van der Waals surface area (Å²) >= 11 is 0. The lowest BCUT2D eigenvalue weighted by Gasteiger charge is -2.41. The topological polar surface area (TPSA) is 39.6 Å². The maximum atomic E-state index is 12.9. The molecule has 4 rings (SSSR count). The zero-order valence-electron chi connectivity index (χ0n) is 13.6. The molecule has 5 heteroatoms. The van der Waals surface area contributed by atoms with Crippen molar-refractivity contribution in [3.05, 3.63) is 29.8 Å². The van der Waals surface area contributed by atoms with Gasteiger partial charge >= 0.3 is 0 Å². The van der Waals surface area contributed by atoms with E-state index in [1.54, 1.807) is 6.07 Å². The van der Waals surface area contributed by atoms with Crippen LogP contribution in [0, 0.1) is 17.7 Å². The molecule has 0 amide bonds. The fourth-order valence-electron chi connectivity index (χ4n) is 4.86. The van der Waals surface area contributed by atoms with Crippen LogP contribution in [0.25, 0.3) is 0 Å². The molecule has 23 heavy (non-hydrogen) atoms. The van der Waals surface area contributed by atoms with Crippen LogP contribution in [-0.4, -0.2) is 58.7 Å². The number of fused-ring (bicyclic) bond motifs is 2. The van der Waals surface area contributed by atoms with Crippen molar-refractivity contribution >= 4 is 0 Å². The van der Waals surface area contributed by atoms with E-state index in [2.05, 4.69) is 14.8 Å². The summed E-state index contributed by atoms with van der Waals surface area (Å²) in [6.45, 7) is 4.82. The zero-order valence-corrected chi connectivity index (χ0v) is 13.6. The summed E-state index contributed by atoms with van der Waals surface area (Å²) in [4.78, 5) is 8.97. The third-order valence-electron chi connectivity index (χ3n) is 6.10. The molecular weight excluding hydrogens is 293 g/mol. The van der Waals surface area contributed by atoms with Crippen molar-refractivity contribution < 1.29 is 9.50 Å². The maximum absolute atomic E-state index is 12.9. The largest absolute Gasteiger partial charge is 0.385 e. The van der Waals surface area contributed by atoms with Gasteiger partial charge in [-0.15, -0.1) is 0 Å². The Labute approximate surface area is 137 Å². The number of hydrogen-bond donors (Lipinski definition) is 1. The molecule has 2 heterocycles. The molecule has 126 valence electrons. The molecule has 1 saturated heterocycles. The average Bonchev–Trinajstić information content (AvgIpc) is 3.19. The first kappa shape index (κ1) is 15.5. The van der Waals surface area contributed by atoms with Crippen LogP contribution in [0.15, 0.2) is 18.3 Å². The molecule has 1 aromatic heterocycles. The lowest BCUT2D eigenvalue weighted by molar-refractivity contribution is 0.0418. The summed E-state index contributed by atoms with van der Waals surface area (Å²) in [7, 11) is 0. The van der Waals surface area contributed by atoms with E-state index in [1.165, 1.54) is 37.9 Å². The van der Waals surface area contributed by atoms with Crippen LogP contribution in [0.4, 0.5) is 4.39 Å². The van der Waals surface area contributed by atoms with Crippen molar-refractivity contribution in [3.8, 4) is 0 Å². The fourth-order valence-corrected chi connectivity index (χ4v) is 4.86. The molecule has 1 N–H and O–H groups in total. The average molecular weight is 319 g/mol. The zero-order chi connectivity index (χ0) is 15.8. The van der Waals surface area contributed by atoms with Crippen molar-refractivity contribution in [2.75, 3.05) is 32.7 Å². The third-order valence-corrected chi connectivity index (χ3v) is 6.10. The van der Waals surface area contributed by atoms with Crippen molar-refractivity contribution in [3.63, 3.8) is 0 Å². The summed E-state index contributed by atoms with van der Waals surface area (Å²) in [5.41, 5.74) is 0.557. The van der Waals surface area contributed by atoms with Crippen LogP contribution >= 0.6 is 0 Å². The van der Waals surface area contributed by atoms with E-state index < -0.39 is 6.10 Å². The predicted molar refractivity (Wildman–Crippen MR) is 86.4 cm³/mol. The van der Waals surface area contributed by atoms with E-state index in [0.717, 1.165) is 44.1 Å². The highest BCUT2D eigenvalue weighted by Gasteiger charge is 2.42. The summed E-state index contributed by atoms with van der Waals surface area (Å²) in [5.74, 6) is 1.58. The quantitative estimate of drug-likeness (QED) is 0.922. The van der Waals surface area contributed by atoms with Crippen LogP contribution in [0.3, 0.4) is 0 Å². The van der Waals surface area contributed by atoms with Gasteiger partial charge in [-0.25, -0.2) is 4.39 Å². The molecule has 0 aromatic carbocycles. The van der Waals surface area contributed by atoms with Crippen molar-refractivity contribution in [2.24, 2.45) is 11.8 Å². The van der Waals surface area contributed by atoms with Gasteiger partial charge in [0, 0.05) is 38.8 Å². The first-order valence-corrected chi connectivity index (χ1v) is 8.95. The monoisotopic (exact) mass is 319 g/mol. The van der Waals surface area contributed by atoms with E-state index >= 15 is 0 Å². The second-order valence-corrected chi connectivity index (χ2v) is 7.50. The molecule has 2 saturated carbocycles. The first-order chi connectivity index (χ1) is 11.2. The minimum absolute atomic E-state index is 0.361. The van der Waals surface area contributed by atoms with E-state index in [-0.39, 0.29) is 5.82 Å². The molecular formula is C18H26FN3O. The van der Waals surface area contributed by atoms with Gasteiger partial charge in [-0.2, -0.15) is 0 Å². The van der Waals surface area contributed by atoms with Gasteiger partial charge in [-0.05, 0) is 43.2 Å². The summed E-state index contributed by atoms with van der Waals surface area (Å²) < 4.78 is 12.9. The molecule has 0 radical (unpaired) electrons. The minimum Gasteiger partial charge on any atom is -0.385 e. The number of rotatable bonds is 4. The van der Waals surface area contributed by atoms with Gasteiger partial charge in [0.05, 0.1) is 11.9 Å². The normalized spacial score (nSPS) is 33.2. The molecule has 4 nitrogen and oxygen atoms in total.